The van der Waals surface area contributed by atoms with Crippen LogP contribution < -0.4 is 0 Å². The summed E-state index contributed by atoms with van der Waals surface area (Å²) in [6.07, 6.45) is -0.0394. The van der Waals surface area contributed by atoms with Crippen molar-refractivity contribution < 1.29 is 14.7 Å². The fourth-order valence-electron chi connectivity index (χ4n) is 0.0713. The first kappa shape index (κ1) is 10.2. The normalized spacial score (nSPS) is 6.29. The summed E-state index contributed by atoms with van der Waals surface area (Å²) in [4.78, 5) is 18.6. The van der Waals surface area contributed by atoms with E-state index in [9.17, 15) is 9.59 Å². The minimum absolute atomic E-state index is 0. The smallest absolute Gasteiger partial charge is 0.310 e. The van der Waals surface area contributed by atoms with Crippen molar-refractivity contribution in [1.82, 2.24) is 0 Å². The van der Waals surface area contributed by atoms with Crippen molar-refractivity contribution in [3.63, 3.8) is 0 Å². The van der Waals surface area contributed by atoms with Crippen LogP contribution in [-0.4, -0.2) is 46.9 Å². The largest absolute Gasteiger partial charge is 0.481 e. The number of carbonyl (C=O) groups excluding carboxylic acids is 1. The molecule has 35 valence electrons. The molecule has 1 radical (unpaired) electrons. The molecule has 0 aliphatic carbocycles. The van der Waals surface area contributed by atoms with Crippen LogP contribution in [0.3, 0.4) is 0 Å². The summed E-state index contributed by atoms with van der Waals surface area (Å²) in [5.41, 5.74) is 0. The van der Waals surface area contributed by atoms with Crippen molar-refractivity contribution in [2.45, 2.75) is 6.42 Å². The van der Waals surface area contributed by atoms with Gasteiger partial charge in [-0.15, -0.1) is 0 Å². The Kier molecular flexibility index (Phi) is 8.94. The van der Waals surface area contributed by atoms with E-state index < -0.39 is 5.97 Å². The third-order valence-electron chi connectivity index (χ3n) is 0.258. The Morgan fingerprint density at radius 1 is 1.71 bits per heavy atom. The van der Waals surface area contributed by atoms with E-state index in [1.165, 1.54) is 0 Å². The van der Waals surface area contributed by atoms with Gasteiger partial charge in [0.05, 0.1) is 0 Å². The predicted molar refractivity (Wildman–Crippen MR) is 24.1 cm³/mol. The SMILES string of the molecule is O=CCC(=O)O.[Na]. The Morgan fingerprint density at radius 3 is 2.14 bits per heavy atom. The maximum Gasteiger partial charge on any atom is 0.310 e. The molecule has 0 atom stereocenters. The van der Waals surface area contributed by atoms with Crippen LogP contribution in [0.4, 0.5) is 0 Å². The Hall–Kier alpha value is 0.140. The average molecular weight is 111 g/mol. The molecule has 1 N–H and O–H groups in total. The van der Waals surface area contributed by atoms with Crippen LogP contribution in [0, 0.1) is 0 Å². The Morgan fingerprint density at radius 2 is 2.14 bits per heavy atom. The van der Waals surface area contributed by atoms with Crippen LogP contribution in [0.15, 0.2) is 0 Å². The van der Waals surface area contributed by atoms with Gasteiger partial charge in [0.1, 0.15) is 12.7 Å². The molecule has 0 saturated heterocycles. The number of carboxylic acids is 1. The van der Waals surface area contributed by atoms with Gasteiger partial charge >= 0.3 is 5.97 Å². The molecule has 0 spiro atoms. The molecule has 3 nitrogen and oxygen atoms in total. The minimum atomic E-state index is -1.08. The number of hydrogen-bond acceptors (Lipinski definition) is 2. The number of rotatable bonds is 2. The molecule has 0 saturated carbocycles. The van der Waals surface area contributed by atoms with Gasteiger partial charge in [0.25, 0.3) is 0 Å². The summed E-state index contributed by atoms with van der Waals surface area (Å²) in [6.45, 7) is 0. The van der Waals surface area contributed by atoms with Crippen molar-refractivity contribution in [3.8, 4) is 0 Å². The zero-order valence-electron chi connectivity index (χ0n) is 4.05. The van der Waals surface area contributed by atoms with Gasteiger partial charge in [-0.05, 0) is 0 Å². The fourth-order valence-corrected chi connectivity index (χ4v) is 0.0713. The second-order valence-electron chi connectivity index (χ2n) is 0.765. The molecule has 7 heavy (non-hydrogen) atoms. The van der Waals surface area contributed by atoms with E-state index in [0.717, 1.165) is 0 Å². The van der Waals surface area contributed by atoms with Gasteiger partial charge in [-0.25, -0.2) is 0 Å². The molecule has 0 fully saturated rings. The molecule has 0 bridgehead atoms. The summed E-state index contributed by atoms with van der Waals surface area (Å²) < 4.78 is 0. The first-order chi connectivity index (χ1) is 2.77. The van der Waals surface area contributed by atoms with Gasteiger partial charge in [-0.3, -0.25) is 4.79 Å². The molecule has 0 unspecified atom stereocenters. The molecular weight excluding hydrogens is 107 g/mol. The van der Waals surface area contributed by atoms with E-state index in [1.807, 2.05) is 0 Å². The molecule has 0 aliphatic heterocycles. The van der Waals surface area contributed by atoms with Gasteiger partial charge < -0.3 is 9.90 Å². The second-order valence-corrected chi connectivity index (χ2v) is 0.765. The standard InChI is InChI=1S/C3H4O3.Na/c4-2-1-3(5)6;/h2H,1H2,(H,5,6);. The quantitative estimate of drug-likeness (QED) is 0.290. The topological polar surface area (TPSA) is 54.4 Å². The zero-order valence-corrected chi connectivity index (χ0v) is 6.05. The van der Waals surface area contributed by atoms with Crippen molar-refractivity contribution >= 4 is 41.8 Å². The van der Waals surface area contributed by atoms with Gasteiger partial charge in [0.15, 0.2) is 0 Å². The van der Waals surface area contributed by atoms with Crippen molar-refractivity contribution in [2.24, 2.45) is 0 Å². The second kappa shape index (κ2) is 6.14. The first-order valence-corrected chi connectivity index (χ1v) is 1.43. The van der Waals surface area contributed by atoms with Crippen molar-refractivity contribution in [1.29, 1.82) is 0 Å². The third-order valence-corrected chi connectivity index (χ3v) is 0.258. The van der Waals surface area contributed by atoms with Crippen LogP contribution in [0.1, 0.15) is 6.42 Å². The van der Waals surface area contributed by atoms with E-state index in [0.29, 0.717) is 6.29 Å². The molecule has 0 aliphatic rings. The summed E-state index contributed by atoms with van der Waals surface area (Å²) in [5.74, 6) is -1.08. The average Bonchev–Trinajstić information content (AvgIpc) is 1.35. The number of aldehydes is 1. The number of carbonyl (C=O) groups is 2. The first-order valence-electron chi connectivity index (χ1n) is 1.43. The molecule has 0 aromatic rings. The van der Waals surface area contributed by atoms with Crippen LogP contribution in [0.25, 0.3) is 0 Å². The Labute approximate surface area is 63.0 Å². The van der Waals surface area contributed by atoms with Gasteiger partial charge in [0.2, 0.25) is 0 Å². The molecule has 0 rings (SSSR count). The molecule has 0 aromatic heterocycles. The molecule has 0 amide bonds. The van der Waals surface area contributed by atoms with Gasteiger partial charge in [0, 0.05) is 29.6 Å². The van der Waals surface area contributed by atoms with Gasteiger partial charge in [-0.2, -0.15) is 0 Å². The third kappa shape index (κ3) is 10.7. The van der Waals surface area contributed by atoms with E-state index in [2.05, 4.69) is 0 Å². The van der Waals surface area contributed by atoms with Crippen LogP contribution >= 0.6 is 0 Å². The summed E-state index contributed by atoms with van der Waals surface area (Å²) in [5, 5.41) is 7.68. The van der Waals surface area contributed by atoms with Crippen LogP contribution in [0.2, 0.25) is 0 Å². The molecule has 0 heterocycles. The van der Waals surface area contributed by atoms with Crippen LogP contribution in [-0.2, 0) is 9.59 Å². The van der Waals surface area contributed by atoms with E-state index in [4.69, 9.17) is 5.11 Å². The Balaban J connectivity index is 0. The summed E-state index contributed by atoms with van der Waals surface area (Å²) in [6, 6.07) is 0. The number of hydrogen-bond donors (Lipinski definition) is 1. The zero-order chi connectivity index (χ0) is 4.99. The molecular formula is C3H4NaO3. The molecule has 4 heteroatoms. The summed E-state index contributed by atoms with van der Waals surface area (Å²) in [7, 11) is 0. The predicted octanol–water partition coefficient (Wildman–Crippen LogP) is -0.721. The van der Waals surface area contributed by atoms with Crippen molar-refractivity contribution in [3.05, 3.63) is 0 Å². The molecule has 0 aromatic carbocycles. The van der Waals surface area contributed by atoms with E-state index in [1.54, 1.807) is 0 Å². The summed E-state index contributed by atoms with van der Waals surface area (Å²) >= 11 is 0. The number of aliphatic carboxylic acids is 1. The Bertz CT molecular complexity index is 70.6. The van der Waals surface area contributed by atoms with Gasteiger partial charge in [-0.1, -0.05) is 0 Å². The van der Waals surface area contributed by atoms with Crippen molar-refractivity contribution in [2.75, 3.05) is 0 Å². The maximum atomic E-state index is 9.37. The van der Waals surface area contributed by atoms with Crippen LogP contribution in [0.5, 0.6) is 0 Å². The fraction of sp³-hybridized carbons (Fsp3) is 0.333. The monoisotopic (exact) mass is 111 g/mol. The maximum absolute atomic E-state index is 9.37. The minimum Gasteiger partial charge on any atom is -0.481 e. The van der Waals surface area contributed by atoms with E-state index >= 15 is 0 Å². The van der Waals surface area contributed by atoms with E-state index in [-0.39, 0.29) is 36.0 Å². The number of carboxylic acid groups (broad SMARTS) is 1.